The van der Waals surface area contributed by atoms with Gasteiger partial charge in [-0.2, -0.15) is 0 Å². The highest BCUT2D eigenvalue weighted by molar-refractivity contribution is 5.77. The number of ether oxygens (including phenoxy) is 1. The minimum atomic E-state index is -0.443. The highest BCUT2D eigenvalue weighted by atomic mass is 19.1. The van der Waals surface area contributed by atoms with Crippen LogP contribution in [0, 0.1) is 5.82 Å². The van der Waals surface area contributed by atoms with E-state index in [9.17, 15) is 14.0 Å². The summed E-state index contributed by atoms with van der Waals surface area (Å²) in [7, 11) is 0. The predicted molar refractivity (Wildman–Crippen MR) is 73.2 cm³/mol. The van der Waals surface area contributed by atoms with Gasteiger partial charge in [-0.15, -0.1) is 0 Å². The van der Waals surface area contributed by atoms with Gasteiger partial charge >= 0.3 is 12.0 Å². The van der Waals surface area contributed by atoms with Crippen LogP contribution < -0.4 is 10.6 Å². The molecule has 1 aromatic rings. The second-order valence-electron chi connectivity index (χ2n) is 3.84. The predicted octanol–water partition coefficient (Wildman–Crippen LogP) is 2.05. The molecule has 20 heavy (non-hydrogen) atoms. The van der Waals surface area contributed by atoms with Crippen LogP contribution in [0.15, 0.2) is 30.5 Å². The van der Waals surface area contributed by atoms with E-state index in [-0.39, 0.29) is 24.8 Å². The van der Waals surface area contributed by atoms with Crippen LogP contribution in [0.3, 0.4) is 0 Å². The molecule has 0 atom stereocenters. The first kappa shape index (κ1) is 15.7. The lowest BCUT2D eigenvalue weighted by Crippen LogP contribution is -2.33. The Bertz CT molecular complexity index is 489. The number of carbonyl (C=O) groups is 2. The maximum Gasteiger partial charge on any atom is 0.318 e. The molecule has 5 nitrogen and oxygen atoms in total. The van der Waals surface area contributed by atoms with Gasteiger partial charge in [0.2, 0.25) is 0 Å². The minimum Gasteiger partial charge on any atom is -0.466 e. The summed E-state index contributed by atoms with van der Waals surface area (Å²) < 4.78 is 17.6. The number of amides is 2. The summed E-state index contributed by atoms with van der Waals surface area (Å²) in [6, 6.07) is 5.53. The Labute approximate surface area is 116 Å². The van der Waals surface area contributed by atoms with E-state index in [1.165, 1.54) is 18.3 Å². The number of rotatable bonds is 6. The molecule has 0 bridgehead atoms. The van der Waals surface area contributed by atoms with Crippen molar-refractivity contribution in [1.82, 2.24) is 10.6 Å². The number of hydrogen-bond acceptors (Lipinski definition) is 3. The molecule has 0 unspecified atom stereocenters. The number of benzene rings is 1. The molecule has 0 aliphatic heterocycles. The molecule has 0 aliphatic carbocycles. The maximum atomic E-state index is 12.9. The van der Waals surface area contributed by atoms with Crippen LogP contribution in [0.1, 0.15) is 18.9 Å². The molecule has 0 aromatic heterocycles. The highest BCUT2D eigenvalue weighted by Crippen LogP contribution is 2.04. The van der Waals surface area contributed by atoms with Gasteiger partial charge in [0.05, 0.1) is 13.0 Å². The lowest BCUT2D eigenvalue weighted by atomic mass is 10.2. The molecule has 2 N–H and O–H groups in total. The number of esters is 1. The first-order valence-corrected chi connectivity index (χ1v) is 6.24. The smallest absolute Gasteiger partial charge is 0.318 e. The van der Waals surface area contributed by atoms with Crippen LogP contribution in [-0.4, -0.2) is 25.2 Å². The van der Waals surface area contributed by atoms with Crippen LogP contribution in [0.2, 0.25) is 0 Å². The molecule has 0 aliphatic rings. The average Bonchev–Trinajstić information content (AvgIpc) is 2.39. The fourth-order valence-corrected chi connectivity index (χ4v) is 1.39. The molecular weight excluding hydrogens is 263 g/mol. The molecule has 2 amide bonds. The molecule has 0 spiro atoms. The normalized spacial score (nSPS) is 10.3. The summed E-state index contributed by atoms with van der Waals surface area (Å²) in [5.41, 5.74) is 0.636. The van der Waals surface area contributed by atoms with Gasteiger partial charge in [-0.05, 0) is 30.7 Å². The number of carbonyl (C=O) groups excluding carboxylic acids is 2. The monoisotopic (exact) mass is 280 g/mol. The summed E-state index contributed by atoms with van der Waals surface area (Å²) >= 11 is 0. The van der Waals surface area contributed by atoms with Crippen molar-refractivity contribution in [3.05, 3.63) is 41.8 Å². The SMILES string of the molecule is CCOC(=O)CCNC(=O)N/C=C/c1cccc(F)c1. The van der Waals surface area contributed by atoms with E-state index in [4.69, 9.17) is 4.74 Å². The second kappa shape index (κ2) is 8.68. The summed E-state index contributed by atoms with van der Waals surface area (Å²) in [4.78, 5) is 22.4. The standard InChI is InChI=1S/C14H17FN2O3/c1-2-20-13(18)7-9-17-14(19)16-8-6-11-4-3-5-12(15)10-11/h3-6,8,10H,2,7,9H2,1H3,(H2,16,17,19)/b8-6+. The zero-order valence-electron chi connectivity index (χ0n) is 11.2. The van der Waals surface area contributed by atoms with Crippen molar-refractivity contribution in [2.24, 2.45) is 0 Å². The fourth-order valence-electron chi connectivity index (χ4n) is 1.39. The quantitative estimate of drug-likeness (QED) is 0.784. The van der Waals surface area contributed by atoms with Crippen LogP contribution >= 0.6 is 0 Å². The Morgan fingerprint density at radius 2 is 2.20 bits per heavy atom. The van der Waals surface area contributed by atoms with E-state index in [1.807, 2.05) is 0 Å². The molecule has 6 heteroatoms. The van der Waals surface area contributed by atoms with E-state index in [1.54, 1.807) is 25.1 Å². The number of halogens is 1. The van der Waals surface area contributed by atoms with Crippen LogP contribution in [0.4, 0.5) is 9.18 Å². The first-order chi connectivity index (χ1) is 9.61. The van der Waals surface area contributed by atoms with Crippen LogP contribution in [0.25, 0.3) is 6.08 Å². The lowest BCUT2D eigenvalue weighted by Gasteiger charge is -2.04. The van der Waals surface area contributed by atoms with E-state index in [0.717, 1.165) is 0 Å². The van der Waals surface area contributed by atoms with Crippen molar-refractivity contribution in [2.75, 3.05) is 13.2 Å². The summed E-state index contributed by atoms with van der Waals surface area (Å²) in [6.07, 6.45) is 3.08. The largest absolute Gasteiger partial charge is 0.466 e. The minimum absolute atomic E-state index is 0.120. The van der Waals surface area contributed by atoms with Gasteiger partial charge in [-0.1, -0.05) is 12.1 Å². The molecular formula is C14H17FN2O3. The number of nitrogens with one attached hydrogen (secondary N) is 2. The molecule has 1 rings (SSSR count). The third-order valence-electron chi connectivity index (χ3n) is 2.26. The van der Waals surface area contributed by atoms with Crippen molar-refractivity contribution in [1.29, 1.82) is 0 Å². The number of urea groups is 1. The van der Waals surface area contributed by atoms with Gasteiger partial charge in [0.1, 0.15) is 5.82 Å². The average molecular weight is 280 g/mol. The molecule has 108 valence electrons. The highest BCUT2D eigenvalue weighted by Gasteiger charge is 2.02. The topological polar surface area (TPSA) is 67.4 Å². The fraction of sp³-hybridized carbons (Fsp3) is 0.286. The van der Waals surface area contributed by atoms with Crippen molar-refractivity contribution < 1.29 is 18.7 Å². The summed E-state index contributed by atoms with van der Waals surface area (Å²) in [6.45, 7) is 2.23. The van der Waals surface area contributed by atoms with E-state index < -0.39 is 6.03 Å². The Morgan fingerprint density at radius 1 is 1.40 bits per heavy atom. The van der Waals surface area contributed by atoms with Gasteiger partial charge < -0.3 is 15.4 Å². The molecule has 0 fully saturated rings. The third kappa shape index (κ3) is 6.53. The third-order valence-corrected chi connectivity index (χ3v) is 2.26. The Morgan fingerprint density at radius 3 is 2.90 bits per heavy atom. The molecule has 0 saturated heterocycles. The Balaban J connectivity index is 2.24. The maximum absolute atomic E-state index is 12.9. The van der Waals surface area contributed by atoms with Crippen molar-refractivity contribution in [3.63, 3.8) is 0 Å². The van der Waals surface area contributed by atoms with Crippen LogP contribution in [-0.2, 0) is 9.53 Å². The molecule has 0 heterocycles. The van der Waals surface area contributed by atoms with E-state index in [0.29, 0.717) is 12.2 Å². The summed E-state index contributed by atoms with van der Waals surface area (Å²) in [5, 5.41) is 4.94. The van der Waals surface area contributed by atoms with Gasteiger partial charge in [0.15, 0.2) is 0 Å². The van der Waals surface area contributed by atoms with Gasteiger partial charge in [-0.25, -0.2) is 9.18 Å². The van der Waals surface area contributed by atoms with Crippen LogP contribution in [0.5, 0.6) is 0 Å². The lowest BCUT2D eigenvalue weighted by molar-refractivity contribution is -0.142. The van der Waals surface area contributed by atoms with E-state index >= 15 is 0 Å². The van der Waals surface area contributed by atoms with Crippen molar-refractivity contribution in [2.45, 2.75) is 13.3 Å². The van der Waals surface area contributed by atoms with Gasteiger partial charge in [0.25, 0.3) is 0 Å². The zero-order valence-corrected chi connectivity index (χ0v) is 11.2. The second-order valence-corrected chi connectivity index (χ2v) is 3.84. The zero-order chi connectivity index (χ0) is 14.8. The number of hydrogen-bond donors (Lipinski definition) is 2. The van der Waals surface area contributed by atoms with Crippen molar-refractivity contribution >= 4 is 18.1 Å². The van der Waals surface area contributed by atoms with Gasteiger partial charge in [-0.3, -0.25) is 4.79 Å². The Hall–Kier alpha value is -2.37. The van der Waals surface area contributed by atoms with Gasteiger partial charge in [0, 0.05) is 12.7 Å². The molecule has 0 saturated carbocycles. The van der Waals surface area contributed by atoms with E-state index in [2.05, 4.69) is 10.6 Å². The molecule has 0 radical (unpaired) electrons. The molecule has 1 aromatic carbocycles. The Kier molecular flexibility index (Phi) is 6.81. The van der Waals surface area contributed by atoms with Crippen molar-refractivity contribution in [3.8, 4) is 0 Å². The first-order valence-electron chi connectivity index (χ1n) is 6.24. The summed E-state index contributed by atoms with van der Waals surface area (Å²) in [5.74, 6) is -0.700.